The van der Waals surface area contributed by atoms with Crippen molar-refractivity contribution < 1.29 is 14.3 Å². The fraction of sp³-hybridized carbons (Fsp3) is 0.778. The molecule has 1 saturated heterocycles. The molecule has 0 aliphatic carbocycles. The van der Waals surface area contributed by atoms with E-state index in [1.165, 1.54) is 4.68 Å². The monoisotopic (exact) mass is 226 g/mol. The van der Waals surface area contributed by atoms with E-state index >= 15 is 0 Å². The minimum absolute atomic E-state index is 0.0307. The Kier molecular flexibility index (Phi) is 3.45. The Bertz CT molecular complexity index is 359. The maximum Gasteiger partial charge on any atom is 0.378 e. The van der Waals surface area contributed by atoms with Crippen LogP contribution < -0.4 is 0 Å². The van der Waals surface area contributed by atoms with E-state index in [1.54, 1.807) is 6.92 Å². The summed E-state index contributed by atoms with van der Waals surface area (Å²) in [6, 6.07) is 0.0307. The van der Waals surface area contributed by atoms with Gasteiger partial charge in [-0.3, -0.25) is 0 Å². The summed E-state index contributed by atoms with van der Waals surface area (Å²) in [4.78, 5) is 11.5. The minimum Gasteiger partial charge on any atom is -0.460 e. The number of rotatable bonds is 3. The first kappa shape index (κ1) is 11.0. The van der Waals surface area contributed by atoms with Gasteiger partial charge in [0.25, 0.3) is 5.82 Å². The first-order valence-electron chi connectivity index (χ1n) is 5.35. The van der Waals surface area contributed by atoms with Gasteiger partial charge in [-0.15, -0.1) is 5.10 Å². The lowest BCUT2D eigenvalue weighted by molar-refractivity contribution is 0.0421. The Morgan fingerprint density at radius 1 is 1.69 bits per heavy atom. The van der Waals surface area contributed by atoms with Crippen molar-refractivity contribution in [1.82, 2.24) is 20.2 Å². The lowest BCUT2D eigenvalue weighted by Gasteiger charge is -2.22. The molecule has 0 bridgehead atoms. The van der Waals surface area contributed by atoms with Crippen LogP contribution in [0.1, 0.15) is 36.4 Å². The van der Waals surface area contributed by atoms with E-state index in [1.807, 2.05) is 0 Å². The molecule has 1 aliphatic heterocycles. The van der Waals surface area contributed by atoms with E-state index in [-0.39, 0.29) is 11.9 Å². The second-order valence-electron chi connectivity index (χ2n) is 3.54. The highest BCUT2D eigenvalue weighted by Crippen LogP contribution is 2.19. The highest BCUT2D eigenvalue weighted by atomic mass is 16.5. The van der Waals surface area contributed by atoms with Crippen molar-refractivity contribution in [1.29, 1.82) is 0 Å². The van der Waals surface area contributed by atoms with E-state index in [4.69, 9.17) is 9.47 Å². The first-order chi connectivity index (χ1) is 7.83. The van der Waals surface area contributed by atoms with E-state index < -0.39 is 5.97 Å². The average molecular weight is 226 g/mol. The van der Waals surface area contributed by atoms with Gasteiger partial charge in [0.2, 0.25) is 0 Å². The Balaban J connectivity index is 2.14. The summed E-state index contributed by atoms with van der Waals surface area (Å²) in [5.41, 5.74) is 0. The number of hydrogen-bond acceptors (Lipinski definition) is 6. The number of tetrazole rings is 1. The lowest BCUT2D eigenvalue weighted by atomic mass is 10.1. The molecule has 1 aromatic rings. The molecule has 16 heavy (non-hydrogen) atoms. The second-order valence-corrected chi connectivity index (χ2v) is 3.54. The van der Waals surface area contributed by atoms with E-state index in [0.29, 0.717) is 13.2 Å². The standard InChI is InChI=1S/C9H14N4O3/c1-2-16-9(14)8-10-11-12-13(8)7-4-3-5-15-6-7/h7H,2-6H2,1H3. The highest BCUT2D eigenvalue weighted by Gasteiger charge is 2.24. The molecular weight excluding hydrogens is 212 g/mol. The summed E-state index contributed by atoms with van der Waals surface area (Å²) in [6.45, 7) is 3.35. The zero-order chi connectivity index (χ0) is 11.4. The van der Waals surface area contributed by atoms with Crippen LogP contribution in [0.15, 0.2) is 0 Å². The zero-order valence-electron chi connectivity index (χ0n) is 9.13. The van der Waals surface area contributed by atoms with Crippen molar-refractivity contribution in [3.8, 4) is 0 Å². The molecule has 2 rings (SSSR count). The van der Waals surface area contributed by atoms with Gasteiger partial charge >= 0.3 is 5.97 Å². The lowest BCUT2D eigenvalue weighted by Crippen LogP contribution is -2.26. The quantitative estimate of drug-likeness (QED) is 0.685. The van der Waals surface area contributed by atoms with Crippen LogP contribution in [0.2, 0.25) is 0 Å². The summed E-state index contributed by atoms with van der Waals surface area (Å²) in [5, 5.41) is 11.0. The third kappa shape index (κ3) is 2.19. The number of carbonyl (C=O) groups excluding carboxylic acids is 1. The topological polar surface area (TPSA) is 79.1 Å². The predicted molar refractivity (Wildman–Crippen MR) is 52.9 cm³/mol. The van der Waals surface area contributed by atoms with Crippen molar-refractivity contribution in [3.63, 3.8) is 0 Å². The number of carbonyl (C=O) groups is 1. The third-order valence-electron chi connectivity index (χ3n) is 2.43. The van der Waals surface area contributed by atoms with E-state index in [0.717, 1.165) is 19.4 Å². The van der Waals surface area contributed by atoms with Crippen LogP contribution in [-0.2, 0) is 9.47 Å². The van der Waals surface area contributed by atoms with Gasteiger partial charge < -0.3 is 9.47 Å². The van der Waals surface area contributed by atoms with Gasteiger partial charge in [0.15, 0.2) is 0 Å². The summed E-state index contributed by atoms with van der Waals surface area (Å²) in [6.07, 6.45) is 1.87. The second kappa shape index (κ2) is 5.02. The molecule has 1 unspecified atom stereocenters. The fourth-order valence-electron chi connectivity index (χ4n) is 1.69. The summed E-state index contributed by atoms with van der Waals surface area (Å²) in [5.74, 6) is -0.338. The number of esters is 1. The van der Waals surface area contributed by atoms with Gasteiger partial charge in [0, 0.05) is 6.61 Å². The smallest absolute Gasteiger partial charge is 0.378 e. The molecule has 7 heteroatoms. The van der Waals surface area contributed by atoms with Gasteiger partial charge in [-0.05, 0) is 30.2 Å². The van der Waals surface area contributed by atoms with Gasteiger partial charge in [0.05, 0.1) is 19.3 Å². The molecule has 0 spiro atoms. The first-order valence-corrected chi connectivity index (χ1v) is 5.35. The number of ether oxygens (including phenoxy) is 2. The summed E-state index contributed by atoms with van der Waals surface area (Å²) < 4.78 is 11.7. The Labute approximate surface area is 92.7 Å². The van der Waals surface area contributed by atoms with Crippen LogP contribution in [0.5, 0.6) is 0 Å². The van der Waals surface area contributed by atoms with Gasteiger partial charge in [-0.1, -0.05) is 0 Å². The van der Waals surface area contributed by atoms with Crippen LogP contribution in [0.4, 0.5) is 0 Å². The predicted octanol–water partition coefficient (Wildman–Crippen LogP) is 0.201. The maximum atomic E-state index is 11.5. The molecule has 0 saturated carbocycles. The average Bonchev–Trinajstić information content (AvgIpc) is 2.79. The van der Waals surface area contributed by atoms with Crippen molar-refractivity contribution in [2.45, 2.75) is 25.8 Å². The molecule has 0 amide bonds. The van der Waals surface area contributed by atoms with Crippen LogP contribution in [-0.4, -0.2) is 46.0 Å². The van der Waals surface area contributed by atoms with Gasteiger partial charge in [0.1, 0.15) is 0 Å². The van der Waals surface area contributed by atoms with Crippen molar-refractivity contribution in [2.24, 2.45) is 0 Å². The third-order valence-corrected chi connectivity index (χ3v) is 2.43. The number of hydrogen-bond donors (Lipinski definition) is 0. The molecule has 1 aliphatic rings. The molecule has 7 nitrogen and oxygen atoms in total. The van der Waals surface area contributed by atoms with Crippen LogP contribution >= 0.6 is 0 Å². The molecule has 0 aromatic carbocycles. The maximum absolute atomic E-state index is 11.5. The van der Waals surface area contributed by atoms with Crippen LogP contribution in [0.25, 0.3) is 0 Å². The molecule has 0 radical (unpaired) electrons. The number of aromatic nitrogens is 4. The molecule has 0 N–H and O–H groups in total. The molecule has 1 atom stereocenters. The molecule has 1 fully saturated rings. The highest BCUT2D eigenvalue weighted by molar-refractivity contribution is 5.85. The summed E-state index contributed by atoms with van der Waals surface area (Å²) in [7, 11) is 0. The van der Waals surface area contributed by atoms with Gasteiger partial charge in [-0.25, -0.2) is 9.48 Å². The van der Waals surface area contributed by atoms with Crippen molar-refractivity contribution >= 4 is 5.97 Å². The van der Waals surface area contributed by atoms with Crippen molar-refractivity contribution in [2.75, 3.05) is 19.8 Å². The molecule has 2 heterocycles. The van der Waals surface area contributed by atoms with E-state index in [9.17, 15) is 4.79 Å². The van der Waals surface area contributed by atoms with Gasteiger partial charge in [-0.2, -0.15) is 0 Å². The van der Waals surface area contributed by atoms with Crippen LogP contribution in [0, 0.1) is 0 Å². The SMILES string of the molecule is CCOC(=O)c1nnnn1C1CCCOC1. The summed E-state index contributed by atoms with van der Waals surface area (Å²) >= 11 is 0. The fourth-order valence-corrected chi connectivity index (χ4v) is 1.69. The largest absolute Gasteiger partial charge is 0.460 e. The molecule has 1 aromatic heterocycles. The Morgan fingerprint density at radius 3 is 3.25 bits per heavy atom. The zero-order valence-corrected chi connectivity index (χ0v) is 9.13. The van der Waals surface area contributed by atoms with Crippen molar-refractivity contribution in [3.05, 3.63) is 5.82 Å². The van der Waals surface area contributed by atoms with E-state index in [2.05, 4.69) is 15.5 Å². The Morgan fingerprint density at radius 2 is 2.56 bits per heavy atom. The molecule has 88 valence electrons. The van der Waals surface area contributed by atoms with Crippen LogP contribution in [0.3, 0.4) is 0 Å². The Hall–Kier alpha value is -1.50. The number of nitrogens with zero attached hydrogens (tertiary/aromatic N) is 4. The molecular formula is C9H14N4O3. The minimum atomic E-state index is -0.488. The normalized spacial score (nSPS) is 20.7.